The van der Waals surface area contributed by atoms with Crippen molar-refractivity contribution in [3.63, 3.8) is 0 Å². The van der Waals surface area contributed by atoms with Gasteiger partial charge in [0.25, 0.3) is 5.88 Å². The molecular formula is C20H22FN3O3S. The Hall–Kier alpha value is -2.71. The summed E-state index contributed by atoms with van der Waals surface area (Å²) in [6, 6.07) is 13.9. The van der Waals surface area contributed by atoms with Crippen LogP contribution < -0.4 is 4.74 Å². The van der Waals surface area contributed by atoms with Crippen LogP contribution in [0.3, 0.4) is 0 Å². The Morgan fingerprint density at radius 1 is 1.07 bits per heavy atom. The van der Waals surface area contributed by atoms with E-state index in [1.165, 1.54) is 23.0 Å². The molecule has 6 nitrogen and oxygen atoms in total. The second kappa shape index (κ2) is 8.53. The summed E-state index contributed by atoms with van der Waals surface area (Å²) < 4.78 is 46.6. The van der Waals surface area contributed by atoms with Gasteiger partial charge in [-0.25, -0.2) is 17.5 Å². The highest BCUT2D eigenvalue weighted by molar-refractivity contribution is 7.91. The van der Waals surface area contributed by atoms with Gasteiger partial charge in [-0.3, -0.25) is 0 Å². The van der Waals surface area contributed by atoms with Crippen molar-refractivity contribution < 1.29 is 17.5 Å². The molecule has 1 heterocycles. The molecule has 0 aliphatic carbocycles. The molecule has 2 aromatic carbocycles. The van der Waals surface area contributed by atoms with Crippen LogP contribution in [-0.2, 0) is 9.84 Å². The van der Waals surface area contributed by atoms with Crippen molar-refractivity contribution in [2.45, 2.75) is 16.2 Å². The molecule has 1 aromatic heterocycles. The van der Waals surface area contributed by atoms with Gasteiger partial charge in [-0.1, -0.05) is 18.2 Å². The van der Waals surface area contributed by atoms with Gasteiger partial charge < -0.3 is 9.64 Å². The summed E-state index contributed by atoms with van der Waals surface area (Å²) in [5, 5.41) is 4.33. The predicted molar refractivity (Wildman–Crippen MR) is 104 cm³/mol. The lowest BCUT2D eigenvalue weighted by Crippen LogP contribution is -2.16. The zero-order chi connectivity index (χ0) is 20.1. The fourth-order valence-electron chi connectivity index (χ4n) is 2.63. The largest absolute Gasteiger partial charge is 0.476 e. The highest BCUT2D eigenvalue weighted by Gasteiger charge is 2.26. The molecule has 0 unspecified atom stereocenters. The monoisotopic (exact) mass is 403 g/mol. The number of para-hydroxylation sites is 1. The van der Waals surface area contributed by atoms with Crippen molar-refractivity contribution in [1.29, 1.82) is 0 Å². The molecule has 8 heteroatoms. The number of sulfone groups is 1. The molecule has 28 heavy (non-hydrogen) atoms. The molecule has 0 fully saturated rings. The van der Waals surface area contributed by atoms with E-state index >= 15 is 0 Å². The summed E-state index contributed by atoms with van der Waals surface area (Å²) in [4.78, 5) is 1.95. The topological polar surface area (TPSA) is 64.4 Å². The third-order valence-corrected chi connectivity index (χ3v) is 5.82. The minimum Gasteiger partial charge on any atom is -0.476 e. The number of nitrogens with zero attached hydrogens (tertiary/aromatic N) is 3. The Morgan fingerprint density at radius 3 is 2.39 bits per heavy atom. The van der Waals surface area contributed by atoms with Gasteiger partial charge in [0.15, 0.2) is 4.90 Å². The lowest BCUT2D eigenvalue weighted by molar-refractivity contribution is 0.266. The van der Waals surface area contributed by atoms with Gasteiger partial charge >= 0.3 is 0 Å². The Bertz CT molecular complexity index is 1020. The Labute approximate surface area is 164 Å². The molecule has 148 valence electrons. The summed E-state index contributed by atoms with van der Waals surface area (Å²) in [6.07, 6.45) is 2.15. The predicted octanol–water partition coefficient (Wildman–Crippen LogP) is 3.17. The molecule has 0 saturated carbocycles. The quantitative estimate of drug-likeness (QED) is 0.427. The Balaban J connectivity index is 1.97. The number of halogens is 1. The summed E-state index contributed by atoms with van der Waals surface area (Å²) in [5.74, 6) is -0.467. The number of hydrogen-bond acceptors (Lipinski definition) is 5. The zero-order valence-electron chi connectivity index (χ0n) is 15.7. The number of hydrogen-bond donors (Lipinski definition) is 0. The van der Waals surface area contributed by atoms with E-state index in [1.54, 1.807) is 0 Å². The fraction of sp³-hybridized carbons (Fsp3) is 0.250. The van der Waals surface area contributed by atoms with E-state index in [2.05, 4.69) is 5.10 Å². The molecule has 3 aromatic rings. The van der Waals surface area contributed by atoms with Crippen LogP contribution in [-0.4, -0.2) is 50.3 Å². The van der Waals surface area contributed by atoms with Crippen molar-refractivity contribution in [1.82, 2.24) is 14.7 Å². The fourth-order valence-corrected chi connectivity index (χ4v) is 3.95. The molecule has 0 N–H and O–H groups in total. The normalized spacial score (nSPS) is 11.7. The average Bonchev–Trinajstić information content (AvgIpc) is 3.11. The second-order valence-corrected chi connectivity index (χ2v) is 8.46. The molecule has 0 spiro atoms. The van der Waals surface area contributed by atoms with E-state index in [4.69, 9.17) is 4.74 Å². The maximum absolute atomic E-state index is 13.2. The van der Waals surface area contributed by atoms with Crippen molar-refractivity contribution in [3.8, 4) is 11.6 Å². The highest BCUT2D eigenvalue weighted by atomic mass is 32.2. The summed E-state index contributed by atoms with van der Waals surface area (Å²) >= 11 is 0. The number of aromatic nitrogens is 2. The standard InChI is InChI=1S/C20H22FN3O3S/c1-23(2)13-6-14-27-20-19(15-24(22-20)17-7-4-3-5-8-17)28(25,26)18-11-9-16(21)10-12-18/h3-5,7-12,15H,6,13-14H2,1-2H3. The third-order valence-electron chi connectivity index (χ3n) is 4.07. The summed E-state index contributed by atoms with van der Waals surface area (Å²) in [7, 11) is -0.00659. The number of rotatable bonds is 8. The lowest BCUT2D eigenvalue weighted by Gasteiger charge is -2.10. The van der Waals surface area contributed by atoms with Crippen LogP contribution in [0.5, 0.6) is 5.88 Å². The second-order valence-electron chi connectivity index (χ2n) is 6.54. The molecule has 3 rings (SSSR count). The van der Waals surface area contributed by atoms with Crippen LogP contribution in [0.2, 0.25) is 0 Å². The Kier molecular flexibility index (Phi) is 6.11. The summed E-state index contributed by atoms with van der Waals surface area (Å²) in [6.45, 7) is 1.13. The maximum Gasteiger partial charge on any atom is 0.252 e. The molecule has 0 aliphatic rings. The molecule has 0 saturated heterocycles. The van der Waals surface area contributed by atoms with Gasteiger partial charge in [0.1, 0.15) is 5.82 Å². The first-order chi connectivity index (χ1) is 13.4. The molecule has 0 atom stereocenters. The van der Waals surface area contributed by atoms with Gasteiger partial charge in [-0.05, 0) is 56.9 Å². The van der Waals surface area contributed by atoms with E-state index in [0.717, 1.165) is 25.1 Å². The highest BCUT2D eigenvalue weighted by Crippen LogP contribution is 2.30. The molecule has 0 amide bonds. The van der Waals surface area contributed by atoms with Gasteiger partial charge in [-0.15, -0.1) is 5.10 Å². The van der Waals surface area contributed by atoms with E-state index in [1.807, 2.05) is 49.3 Å². The smallest absolute Gasteiger partial charge is 0.252 e. The van der Waals surface area contributed by atoms with Gasteiger partial charge in [0.2, 0.25) is 9.84 Å². The third kappa shape index (κ3) is 4.58. The van der Waals surface area contributed by atoms with Crippen molar-refractivity contribution in [2.24, 2.45) is 0 Å². The Morgan fingerprint density at radius 2 is 1.75 bits per heavy atom. The number of ether oxygens (including phenoxy) is 1. The van der Waals surface area contributed by atoms with Crippen LogP contribution in [0.25, 0.3) is 5.69 Å². The molecule has 0 aliphatic heterocycles. The van der Waals surface area contributed by atoms with Crippen LogP contribution in [0.4, 0.5) is 4.39 Å². The minimum atomic E-state index is -3.91. The van der Waals surface area contributed by atoms with Crippen LogP contribution in [0, 0.1) is 5.82 Å². The van der Waals surface area contributed by atoms with Crippen molar-refractivity contribution in [2.75, 3.05) is 27.2 Å². The average molecular weight is 403 g/mol. The van der Waals surface area contributed by atoms with E-state index in [-0.39, 0.29) is 15.7 Å². The molecule has 0 bridgehead atoms. The van der Waals surface area contributed by atoms with Crippen LogP contribution in [0.15, 0.2) is 70.6 Å². The first-order valence-electron chi connectivity index (χ1n) is 8.81. The van der Waals surface area contributed by atoms with Crippen molar-refractivity contribution >= 4 is 9.84 Å². The lowest BCUT2D eigenvalue weighted by atomic mass is 10.3. The van der Waals surface area contributed by atoms with Gasteiger partial charge in [-0.2, -0.15) is 0 Å². The van der Waals surface area contributed by atoms with E-state index in [0.29, 0.717) is 12.3 Å². The van der Waals surface area contributed by atoms with Crippen molar-refractivity contribution in [3.05, 3.63) is 66.6 Å². The van der Waals surface area contributed by atoms with Crippen LogP contribution in [0.1, 0.15) is 6.42 Å². The maximum atomic E-state index is 13.2. The van der Waals surface area contributed by atoms with E-state index in [9.17, 15) is 12.8 Å². The first-order valence-corrected chi connectivity index (χ1v) is 10.3. The van der Waals surface area contributed by atoms with Gasteiger partial charge in [0.05, 0.1) is 23.4 Å². The molecule has 0 radical (unpaired) electrons. The summed E-state index contributed by atoms with van der Waals surface area (Å²) in [5.41, 5.74) is 0.709. The van der Waals surface area contributed by atoms with E-state index < -0.39 is 15.7 Å². The number of benzene rings is 2. The van der Waals surface area contributed by atoms with Gasteiger partial charge in [0, 0.05) is 6.54 Å². The first kappa shape index (κ1) is 20.0. The molecular weight excluding hydrogens is 381 g/mol. The minimum absolute atomic E-state index is 0.0142. The zero-order valence-corrected chi connectivity index (χ0v) is 16.6. The van der Waals surface area contributed by atoms with Crippen LogP contribution >= 0.6 is 0 Å². The SMILES string of the molecule is CN(C)CCCOc1nn(-c2ccccc2)cc1S(=O)(=O)c1ccc(F)cc1.